The van der Waals surface area contributed by atoms with Gasteiger partial charge in [-0.25, -0.2) is 5.09 Å². The van der Waals surface area contributed by atoms with Crippen LogP contribution in [0.4, 0.5) is 0 Å². The average molecular weight is 340 g/mol. The minimum Gasteiger partial charge on any atom is -0.464 e. The van der Waals surface area contributed by atoms with Crippen LogP contribution in [0.2, 0.25) is 0 Å². The van der Waals surface area contributed by atoms with E-state index in [1.165, 1.54) is 0 Å². The van der Waals surface area contributed by atoms with Crippen molar-refractivity contribution in [3.05, 3.63) is 35.9 Å². The van der Waals surface area contributed by atoms with E-state index >= 15 is 0 Å². The molecule has 0 heterocycles. The average Bonchev–Trinajstić information content (AvgIpc) is 2.50. The van der Waals surface area contributed by atoms with Gasteiger partial charge in [0.1, 0.15) is 6.04 Å². The number of benzene rings is 1. The van der Waals surface area contributed by atoms with E-state index in [4.69, 9.17) is 9.26 Å². The molecule has 1 aromatic carbocycles. The van der Waals surface area contributed by atoms with Crippen LogP contribution in [0, 0.1) is 5.41 Å². The van der Waals surface area contributed by atoms with Crippen LogP contribution in [-0.4, -0.2) is 25.2 Å². The fourth-order valence-electron chi connectivity index (χ4n) is 1.63. The minimum absolute atomic E-state index is 0.0361. The molecule has 0 fully saturated rings. The Kier molecular flexibility index (Phi) is 8.71. The fourth-order valence-corrected chi connectivity index (χ4v) is 2.91. The van der Waals surface area contributed by atoms with E-state index in [2.05, 4.69) is 10.2 Å². The summed E-state index contributed by atoms with van der Waals surface area (Å²) in [6.07, 6.45) is 0. The number of ether oxygens (including phenoxy) is 1. The highest BCUT2D eigenvalue weighted by molar-refractivity contribution is 7.48. The second-order valence-corrected chi connectivity index (χ2v) is 8.01. The molecular weight excluding hydrogens is 311 g/mol. The van der Waals surface area contributed by atoms with Gasteiger partial charge in [0, 0.05) is 0 Å². The second-order valence-electron chi connectivity index (χ2n) is 6.58. The molecule has 0 saturated carbocycles. The number of esters is 1. The highest BCUT2D eigenvalue weighted by Gasteiger charge is 2.22. The third-order valence-electron chi connectivity index (χ3n) is 2.82. The standard InChI is InChI=1S/C17H29N2O3P/c1-6-18-23(22-12-15-10-8-7-9-11-15)19-14(2)16(20)21-13-17(3,4)5/h7-11,14,18-19H,6,12-13H2,1-5H3. The summed E-state index contributed by atoms with van der Waals surface area (Å²) in [6, 6.07) is 9.55. The first-order chi connectivity index (χ1) is 10.8. The highest BCUT2D eigenvalue weighted by Crippen LogP contribution is 2.29. The van der Waals surface area contributed by atoms with Crippen molar-refractivity contribution in [3.63, 3.8) is 0 Å². The van der Waals surface area contributed by atoms with Crippen LogP contribution < -0.4 is 10.2 Å². The van der Waals surface area contributed by atoms with Gasteiger partial charge in [-0.2, -0.15) is 0 Å². The summed E-state index contributed by atoms with van der Waals surface area (Å²) in [6.45, 7) is 11.6. The molecule has 23 heavy (non-hydrogen) atoms. The summed E-state index contributed by atoms with van der Waals surface area (Å²) in [5.41, 5.74) is 1.06. The molecular formula is C17H29N2O3P. The lowest BCUT2D eigenvalue weighted by atomic mass is 9.99. The maximum absolute atomic E-state index is 12.0. The van der Waals surface area contributed by atoms with Gasteiger partial charge >= 0.3 is 5.97 Å². The summed E-state index contributed by atoms with van der Waals surface area (Å²) in [4.78, 5) is 12.0. The highest BCUT2D eigenvalue weighted by atomic mass is 31.2. The molecule has 0 spiro atoms. The number of carbonyl (C=O) groups excluding carboxylic acids is 1. The molecule has 2 atom stereocenters. The Morgan fingerprint density at radius 1 is 1.26 bits per heavy atom. The molecule has 1 rings (SSSR count). The molecule has 0 saturated heterocycles. The summed E-state index contributed by atoms with van der Waals surface area (Å²) < 4.78 is 11.2. The maximum Gasteiger partial charge on any atom is 0.323 e. The Labute approximate surface area is 141 Å². The van der Waals surface area contributed by atoms with E-state index in [-0.39, 0.29) is 11.4 Å². The molecule has 0 aromatic heterocycles. The molecule has 6 heteroatoms. The Hall–Kier alpha value is -1.00. The van der Waals surface area contributed by atoms with Crippen molar-refractivity contribution in [2.45, 2.75) is 47.3 Å². The Morgan fingerprint density at radius 3 is 2.48 bits per heavy atom. The van der Waals surface area contributed by atoms with E-state index in [1.807, 2.05) is 58.0 Å². The Morgan fingerprint density at radius 2 is 1.91 bits per heavy atom. The first-order valence-electron chi connectivity index (χ1n) is 7.95. The van der Waals surface area contributed by atoms with Crippen LogP contribution in [0.3, 0.4) is 0 Å². The van der Waals surface area contributed by atoms with Crippen LogP contribution in [0.25, 0.3) is 0 Å². The van der Waals surface area contributed by atoms with Gasteiger partial charge in [-0.05, 0) is 24.4 Å². The lowest BCUT2D eigenvalue weighted by Gasteiger charge is -2.24. The van der Waals surface area contributed by atoms with Gasteiger partial charge in [0.2, 0.25) is 0 Å². The summed E-state index contributed by atoms with van der Waals surface area (Å²) >= 11 is 0. The first kappa shape index (κ1) is 20.0. The number of nitrogens with one attached hydrogen (secondary N) is 2. The van der Waals surface area contributed by atoms with Crippen LogP contribution in [0.5, 0.6) is 0 Å². The van der Waals surface area contributed by atoms with Crippen molar-refractivity contribution < 1.29 is 14.1 Å². The zero-order chi connectivity index (χ0) is 17.3. The van der Waals surface area contributed by atoms with Crippen molar-refractivity contribution >= 4 is 14.4 Å². The van der Waals surface area contributed by atoms with E-state index in [1.54, 1.807) is 6.92 Å². The number of rotatable bonds is 9. The molecule has 5 nitrogen and oxygen atoms in total. The van der Waals surface area contributed by atoms with Gasteiger partial charge in [-0.3, -0.25) is 9.88 Å². The van der Waals surface area contributed by atoms with Crippen molar-refractivity contribution in [1.29, 1.82) is 0 Å². The molecule has 1 aromatic rings. The monoisotopic (exact) mass is 340 g/mol. The molecule has 0 aliphatic rings. The quantitative estimate of drug-likeness (QED) is 0.531. The third kappa shape index (κ3) is 9.01. The van der Waals surface area contributed by atoms with Crippen molar-refractivity contribution in [2.24, 2.45) is 5.41 Å². The van der Waals surface area contributed by atoms with E-state index in [0.29, 0.717) is 13.2 Å². The summed E-state index contributed by atoms with van der Waals surface area (Å²) in [5, 5.41) is 6.42. The molecule has 2 N–H and O–H groups in total. The lowest BCUT2D eigenvalue weighted by Crippen LogP contribution is -2.36. The SMILES string of the molecule is CCNP(NC(C)C(=O)OCC(C)(C)C)OCc1ccccc1. The van der Waals surface area contributed by atoms with Gasteiger partial charge < -0.3 is 9.26 Å². The van der Waals surface area contributed by atoms with Crippen molar-refractivity contribution in [1.82, 2.24) is 10.2 Å². The normalized spacial score (nSPS) is 14.3. The molecule has 0 aliphatic heterocycles. The third-order valence-corrected chi connectivity index (χ3v) is 4.43. The van der Waals surface area contributed by atoms with Gasteiger partial charge in [0.25, 0.3) is 0 Å². The predicted molar refractivity (Wildman–Crippen MR) is 94.8 cm³/mol. The van der Waals surface area contributed by atoms with Crippen molar-refractivity contribution in [2.75, 3.05) is 13.2 Å². The molecule has 2 unspecified atom stereocenters. The van der Waals surface area contributed by atoms with Crippen LogP contribution in [0.1, 0.15) is 40.2 Å². The number of carbonyl (C=O) groups is 1. The van der Waals surface area contributed by atoms with Crippen molar-refractivity contribution in [3.8, 4) is 0 Å². The lowest BCUT2D eigenvalue weighted by molar-refractivity contribution is -0.147. The molecule has 130 valence electrons. The van der Waals surface area contributed by atoms with E-state index in [0.717, 1.165) is 12.1 Å². The molecule has 0 bridgehead atoms. The van der Waals surface area contributed by atoms with E-state index < -0.39 is 14.5 Å². The fraction of sp³-hybridized carbons (Fsp3) is 0.588. The number of hydrogen-bond donors (Lipinski definition) is 2. The Balaban J connectivity index is 2.45. The minimum atomic E-state index is -1.10. The molecule has 0 aliphatic carbocycles. The van der Waals surface area contributed by atoms with Crippen LogP contribution in [0.15, 0.2) is 30.3 Å². The van der Waals surface area contributed by atoms with Gasteiger partial charge in [0.15, 0.2) is 8.45 Å². The smallest absolute Gasteiger partial charge is 0.323 e. The van der Waals surface area contributed by atoms with Gasteiger partial charge in [-0.1, -0.05) is 58.0 Å². The van der Waals surface area contributed by atoms with Crippen LogP contribution >= 0.6 is 8.45 Å². The second kappa shape index (κ2) is 9.99. The first-order valence-corrected chi connectivity index (χ1v) is 9.21. The summed E-state index contributed by atoms with van der Waals surface area (Å²) in [5.74, 6) is -0.256. The Bertz CT molecular complexity index is 463. The molecule has 0 radical (unpaired) electrons. The maximum atomic E-state index is 12.0. The zero-order valence-electron chi connectivity index (χ0n) is 14.8. The largest absolute Gasteiger partial charge is 0.464 e. The predicted octanol–water partition coefficient (Wildman–Crippen LogP) is 3.61. The number of hydrogen-bond acceptors (Lipinski definition) is 5. The molecule has 0 amide bonds. The van der Waals surface area contributed by atoms with E-state index in [9.17, 15) is 4.79 Å². The van der Waals surface area contributed by atoms with Gasteiger partial charge in [-0.15, -0.1) is 0 Å². The zero-order valence-corrected chi connectivity index (χ0v) is 15.7. The van der Waals surface area contributed by atoms with Crippen LogP contribution in [-0.2, 0) is 20.7 Å². The topological polar surface area (TPSA) is 59.6 Å². The summed E-state index contributed by atoms with van der Waals surface area (Å²) in [7, 11) is -1.10. The van der Waals surface area contributed by atoms with Gasteiger partial charge in [0.05, 0.1) is 13.2 Å².